The van der Waals surface area contributed by atoms with Crippen LogP contribution in [0.2, 0.25) is 0 Å². The Labute approximate surface area is 157 Å². The lowest BCUT2D eigenvalue weighted by molar-refractivity contribution is -0.131. The van der Waals surface area contributed by atoms with E-state index < -0.39 is 11.2 Å². The molecule has 0 radical (unpaired) electrons. The molecule has 0 bridgehead atoms. The molecule has 1 amide bonds. The van der Waals surface area contributed by atoms with E-state index in [1.165, 1.54) is 4.57 Å². The molecule has 1 N–H and O–H groups in total. The van der Waals surface area contributed by atoms with E-state index in [9.17, 15) is 14.4 Å². The number of aromatic amines is 1. The fraction of sp³-hybridized carbons (Fsp3) is 0.667. The average molecular weight is 376 g/mol. The molecular formula is C18H28N6O3. The summed E-state index contributed by atoms with van der Waals surface area (Å²) in [6.45, 7) is 9.37. The lowest BCUT2D eigenvalue weighted by atomic mass is 10.2. The van der Waals surface area contributed by atoms with Crippen molar-refractivity contribution in [2.24, 2.45) is 13.0 Å². The van der Waals surface area contributed by atoms with Crippen molar-refractivity contribution in [3.63, 3.8) is 0 Å². The van der Waals surface area contributed by atoms with E-state index in [2.05, 4.69) is 28.7 Å². The first-order valence-corrected chi connectivity index (χ1v) is 9.55. The number of hydrogen-bond donors (Lipinski definition) is 1. The Bertz CT molecular complexity index is 946. The molecule has 3 heterocycles. The van der Waals surface area contributed by atoms with Crippen molar-refractivity contribution >= 4 is 23.0 Å². The number of H-pyrrole nitrogens is 1. The molecule has 0 saturated carbocycles. The zero-order valence-electron chi connectivity index (χ0n) is 16.5. The second-order valence-electron chi connectivity index (χ2n) is 7.52. The summed E-state index contributed by atoms with van der Waals surface area (Å²) in [7, 11) is 1.61. The monoisotopic (exact) mass is 376 g/mol. The average Bonchev–Trinajstić information content (AvgIpc) is 2.99. The molecule has 1 aliphatic rings. The molecule has 0 spiro atoms. The number of nitrogens with one attached hydrogen (secondary N) is 1. The highest BCUT2D eigenvalue weighted by Crippen LogP contribution is 2.22. The molecule has 0 aliphatic carbocycles. The number of amides is 1. The summed E-state index contributed by atoms with van der Waals surface area (Å²) in [6, 6.07) is 0. The van der Waals surface area contributed by atoms with Crippen LogP contribution in [0.25, 0.3) is 11.2 Å². The molecule has 27 heavy (non-hydrogen) atoms. The number of imidazole rings is 1. The van der Waals surface area contributed by atoms with Crippen LogP contribution in [0.1, 0.15) is 33.6 Å². The molecular weight excluding hydrogens is 348 g/mol. The minimum atomic E-state index is -0.469. The second-order valence-corrected chi connectivity index (χ2v) is 7.52. The largest absolute Gasteiger partial charge is 0.339 e. The lowest BCUT2D eigenvalue weighted by Gasteiger charge is -2.35. The van der Waals surface area contributed by atoms with Gasteiger partial charge in [0.25, 0.3) is 5.56 Å². The number of hydrogen-bond acceptors (Lipinski definition) is 5. The molecule has 1 aliphatic heterocycles. The van der Waals surface area contributed by atoms with Crippen LogP contribution in [0, 0.1) is 5.92 Å². The highest BCUT2D eigenvalue weighted by atomic mass is 16.2. The van der Waals surface area contributed by atoms with Crippen LogP contribution in [0.4, 0.5) is 5.95 Å². The highest BCUT2D eigenvalue weighted by molar-refractivity contribution is 5.77. The molecule has 2 aromatic heterocycles. The van der Waals surface area contributed by atoms with Gasteiger partial charge in [0.1, 0.15) is 0 Å². The number of rotatable bonds is 5. The maximum absolute atomic E-state index is 12.5. The molecule has 0 unspecified atom stereocenters. The first-order valence-electron chi connectivity index (χ1n) is 9.55. The van der Waals surface area contributed by atoms with Crippen LogP contribution in [0.5, 0.6) is 0 Å². The Morgan fingerprint density at radius 1 is 1.19 bits per heavy atom. The van der Waals surface area contributed by atoms with E-state index in [-0.39, 0.29) is 5.91 Å². The van der Waals surface area contributed by atoms with Gasteiger partial charge in [0, 0.05) is 46.2 Å². The molecule has 1 fully saturated rings. The summed E-state index contributed by atoms with van der Waals surface area (Å²) in [5.74, 6) is 1.19. The third-order valence-electron chi connectivity index (χ3n) is 4.91. The third-order valence-corrected chi connectivity index (χ3v) is 4.91. The number of carbonyl (C=O) groups excluding carboxylic acids is 1. The van der Waals surface area contributed by atoms with Crippen molar-refractivity contribution in [1.82, 2.24) is 24.0 Å². The Morgan fingerprint density at radius 3 is 2.44 bits per heavy atom. The smallest absolute Gasteiger partial charge is 0.329 e. The fourth-order valence-corrected chi connectivity index (χ4v) is 3.53. The molecule has 148 valence electrons. The number of piperazine rings is 1. The van der Waals surface area contributed by atoms with Crippen LogP contribution in [-0.2, 0) is 18.4 Å². The minimum absolute atomic E-state index is 0.187. The molecule has 2 aromatic rings. The van der Waals surface area contributed by atoms with Gasteiger partial charge in [-0.05, 0) is 12.3 Å². The standard InChI is InChI=1S/C18H28N6O3/c1-5-6-13(25)22-7-9-23(10-8-22)17-19-15-14(24(17)11-12(2)3)16(26)20-18(27)21(15)4/h12H,5-11H2,1-4H3,(H,20,26,27). The number of carbonyl (C=O) groups is 1. The zero-order valence-corrected chi connectivity index (χ0v) is 16.5. The molecule has 3 rings (SSSR count). The van der Waals surface area contributed by atoms with Crippen molar-refractivity contribution in [2.45, 2.75) is 40.2 Å². The summed E-state index contributed by atoms with van der Waals surface area (Å²) in [5.41, 5.74) is -0.0679. The SMILES string of the molecule is CCCC(=O)N1CCN(c2nc3c(c(=O)[nH]c(=O)n3C)n2CC(C)C)CC1. The summed E-state index contributed by atoms with van der Waals surface area (Å²) in [6.07, 6.45) is 1.42. The van der Waals surface area contributed by atoms with Crippen LogP contribution >= 0.6 is 0 Å². The van der Waals surface area contributed by atoms with Gasteiger partial charge in [0.05, 0.1) is 0 Å². The van der Waals surface area contributed by atoms with Crippen molar-refractivity contribution < 1.29 is 4.79 Å². The van der Waals surface area contributed by atoms with Crippen molar-refractivity contribution in [3.8, 4) is 0 Å². The maximum atomic E-state index is 12.5. The summed E-state index contributed by atoms with van der Waals surface area (Å²) >= 11 is 0. The van der Waals surface area contributed by atoms with E-state index in [4.69, 9.17) is 0 Å². The fourth-order valence-electron chi connectivity index (χ4n) is 3.53. The minimum Gasteiger partial charge on any atom is -0.339 e. The van der Waals surface area contributed by atoms with Crippen LogP contribution in [-0.4, -0.2) is 56.1 Å². The normalized spacial score (nSPS) is 15.1. The topological polar surface area (TPSA) is 96.2 Å². The summed E-state index contributed by atoms with van der Waals surface area (Å²) in [4.78, 5) is 47.5. The van der Waals surface area contributed by atoms with Gasteiger partial charge in [-0.15, -0.1) is 0 Å². The van der Waals surface area contributed by atoms with Gasteiger partial charge in [0.15, 0.2) is 11.2 Å². The first kappa shape index (κ1) is 19.2. The van der Waals surface area contributed by atoms with Gasteiger partial charge in [-0.3, -0.25) is 19.1 Å². The Morgan fingerprint density at radius 2 is 1.85 bits per heavy atom. The maximum Gasteiger partial charge on any atom is 0.329 e. The van der Waals surface area contributed by atoms with E-state index in [1.807, 2.05) is 16.4 Å². The van der Waals surface area contributed by atoms with Gasteiger partial charge >= 0.3 is 5.69 Å². The zero-order chi connectivity index (χ0) is 19.7. The number of nitrogens with zero attached hydrogens (tertiary/aromatic N) is 5. The molecule has 0 atom stereocenters. The lowest BCUT2D eigenvalue weighted by Crippen LogP contribution is -2.49. The van der Waals surface area contributed by atoms with Gasteiger partial charge in [-0.2, -0.15) is 4.98 Å². The van der Waals surface area contributed by atoms with E-state index in [1.54, 1.807) is 7.05 Å². The van der Waals surface area contributed by atoms with Crippen LogP contribution < -0.4 is 16.1 Å². The van der Waals surface area contributed by atoms with Crippen molar-refractivity contribution in [1.29, 1.82) is 0 Å². The van der Waals surface area contributed by atoms with Gasteiger partial charge in [0.2, 0.25) is 11.9 Å². The number of fused-ring (bicyclic) bond motifs is 1. The molecule has 9 heteroatoms. The van der Waals surface area contributed by atoms with Crippen molar-refractivity contribution in [2.75, 3.05) is 31.1 Å². The van der Waals surface area contributed by atoms with Gasteiger partial charge in [-0.1, -0.05) is 20.8 Å². The number of aryl methyl sites for hydroxylation is 1. The predicted molar refractivity (Wildman–Crippen MR) is 104 cm³/mol. The Balaban J connectivity index is 1.98. The van der Waals surface area contributed by atoms with Crippen LogP contribution in [0.3, 0.4) is 0 Å². The Kier molecular flexibility index (Phi) is 5.38. The molecule has 1 saturated heterocycles. The van der Waals surface area contributed by atoms with E-state index in [0.29, 0.717) is 62.2 Å². The quantitative estimate of drug-likeness (QED) is 0.821. The van der Waals surface area contributed by atoms with Gasteiger partial charge < -0.3 is 14.4 Å². The van der Waals surface area contributed by atoms with Gasteiger partial charge in [-0.25, -0.2) is 4.79 Å². The first-order chi connectivity index (χ1) is 12.8. The predicted octanol–water partition coefficient (Wildman–Crippen LogP) is 0.528. The summed E-state index contributed by atoms with van der Waals surface area (Å²) in [5, 5.41) is 0. The number of aromatic nitrogens is 4. The van der Waals surface area contributed by atoms with E-state index in [0.717, 1.165) is 6.42 Å². The Hall–Kier alpha value is -2.58. The highest BCUT2D eigenvalue weighted by Gasteiger charge is 2.26. The molecule has 0 aromatic carbocycles. The third kappa shape index (κ3) is 3.63. The van der Waals surface area contributed by atoms with Crippen molar-refractivity contribution in [3.05, 3.63) is 20.8 Å². The molecule has 9 nitrogen and oxygen atoms in total. The summed E-state index contributed by atoms with van der Waals surface area (Å²) < 4.78 is 3.28. The number of anilines is 1. The van der Waals surface area contributed by atoms with Crippen LogP contribution in [0.15, 0.2) is 9.59 Å². The van der Waals surface area contributed by atoms with E-state index >= 15 is 0 Å². The second kappa shape index (κ2) is 7.58.